The number of carbonyl (C=O) groups excluding carboxylic acids is 1. The number of Topliss-reactive ketones (excluding diaryl/α,β-unsaturated/α-hetero) is 1. The van der Waals surface area contributed by atoms with Gasteiger partial charge in [-0.3, -0.25) is 14.2 Å². The Morgan fingerprint density at radius 1 is 1.16 bits per heavy atom. The van der Waals surface area contributed by atoms with Gasteiger partial charge >= 0.3 is 0 Å². The number of H-pyrrole nitrogens is 1. The van der Waals surface area contributed by atoms with Crippen LogP contribution < -0.4 is 5.56 Å². The van der Waals surface area contributed by atoms with Gasteiger partial charge in [0.2, 0.25) is 0 Å². The first-order valence-electron chi connectivity index (χ1n) is 9.86. The molecule has 5 aromatic rings. The van der Waals surface area contributed by atoms with Gasteiger partial charge < -0.3 is 4.98 Å². The number of nitrogens with zero attached hydrogens (tertiary/aromatic N) is 3. The van der Waals surface area contributed by atoms with Crippen LogP contribution in [0.25, 0.3) is 26.5 Å². The third-order valence-electron chi connectivity index (χ3n) is 4.99. The van der Waals surface area contributed by atoms with Gasteiger partial charge in [-0.15, -0.1) is 22.7 Å². The summed E-state index contributed by atoms with van der Waals surface area (Å²) in [4.78, 5) is 39.2. The highest BCUT2D eigenvalue weighted by atomic mass is 32.2. The van der Waals surface area contributed by atoms with Gasteiger partial charge in [-0.05, 0) is 43.0 Å². The standard InChI is InChI=1S/C23H18N4O2S3/c1-13-19-21(29)25-18(26-22(19)32-20(13)14(2)28)12-31-23-24-16(17-9-6-10-30-17)11-27(23)15-7-4-3-5-8-15/h3-11H,12H2,1-2H3,(H,25,26,29). The largest absolute Gasteiger partial charge is 0.309 e. The molecule has 0 aliphatic rings. The Labute approximate surface area is 196 Å². The van der Waals surface area contributed by atoms with Gasteiger partial charge in [0.15, 0.2) is 10.9 Å². The lowest BCUT2D eigenvalue weighted by molar-refractivity contribution is 0.102. The lowest BCUT2D eigenvalue weighted by atomic mass is 10.2. The van der Waals surface area contributed by atoms with Crippen LogP contribution in [0.3, 0.4) is 0 Å². The molecule has 5 rings (SSSR count). The van der Waals surface area contributed by atoms with E-state index >= 15 is 0 Å². The molecule has 0 unspecified atom stereocenters. The summed E-state index contributed by atoms with van der Waals surface area (Å²) >= 11 is 4.43. The second-order valence-electron chi connectivity index (χ2n) is 7.19. The quantitative estimate of drug-likeness (QED) is 0.250. The van der Waals surface area contributed by atoms with E-state index in [1.807, 2.05) is 48.0 Å². The Morgan fingerprint density at radius 3 is 2.69 bits per heavy atom. The number of imidazole rings is 1. The molecular formula is C23H18N4O2S3. The van der Waals surface area contributed by atoms with Crippen LogP contribution in [0.5, 0.6) is 0 Å². The Kier molecular flexibility index (Phi) is 5.54. The summed E-state index contributed by atoms with van der Waals surface area (Å²) in [5.41, 5.74) is 2.41. The first-order valence-corrected chi connectivity index (χ1v) is 12.5. The van der Waals surface area contributed by atoms with Crippen LogP contribution in [0.2, 0.25) is 0 Å². The number of benzene rings is 1. The van der Waals surface area contributed by atoms with Crippen molar-refractivity contribution in [3.05, 3.63) is 80.7 Å². The van der Waals surface area contributed by atoms with Crippen LogP contribution in [0.1, 0.15) is 28.0 Å². The number of carbonyl (C=O) groups is 1. The van der Waals surface area contributed by atoms with Crippen molar-refractivity contribution in [2.24, 2.45) is 0 Å². The van der Waals surface area contributed by atoms with E-state index in [2.05, 4.69) is 20.6 Å². The third-order valence-corrected chi connectivity index (χ3v) is 8.13. The van der Waals surface area contributed by atoms with Crippen molar-refractivity contribution in [3.63, 3.8) is 0 Å². The van der Waals surface area contributed by atoms with Crippen molar-refractivity contribution in [1.82, 2.24) is 19.5 Å². The number of nitrogens with one attached hydrogen (secondary N) is 1. The highest BCUT2D eigenvalue weighted by Crippen LogP contribution is 2.32. The van der Waals surface area contributed by atoms with Gasteiger partial charge in [0.1, 0.15) is 10.7 Å². The van der Waals surface area contributed by atoms with E-state index in [0.29, 0.717) is 32.2 Å². The summed E-state index contributed by atoms with van der Waals surface area (Å²) in [7, 11) is 0. The third kappa shape index (κ3) is 3.83. The predicted octanol–water partition coefficient (Wildman–Crippen LogP) is 5.70. The van der Waals surface area contributed by atoms with Gasteiger partial charge in [-0.2, -0.15) is 0 Å². The Morgan fingerprint density at radius 2 is 1.97 bits per heavy atom. The van der Waals surface area contributed by atoms with Crippen molar-refractivity contribution in [1.29, 1.82) is 0 Å². The average molecular weight is 479 g/mol. The number of aromatic amines is 1. The molecule has 1 aromatic carbocycles. The van der Waals surface area contributed by atoms with E-state index in [1.165, 1.54) is 30.0 Å². The fourth-order valence-corrected chi connectivity index (χ4v) is 6.15. The second kappa shape index (κ2) is 8.50. The summed E-state index contributed by atoms with van der Waals surface area (Å²) in [6, 6.07) is 14.1. The summed E-state index contributed by atoms with van der Waals surface area (Å²) in [5, 5.41) is 3.35. The summed E-state index contributed by atoms with van der Waals surface area (Å²) < 4.78 is 2.06. The molecule has 0 radical (unpaired) electrons. The molecule has 0 fully saturated rings. The number of ketones is 1. The number of fused-ring (bicyclic) bond motifs is 1. The van der Waals surface area contributed by atoms with Crippen LogP contribution in [-0.2, 0) is 5.75 Å². The van der Waals surface area contributed by atoms with Crippen molar-refractivity contribution >= 4 is 50.4 Å². The van der Waals surface area contributed by atoms with Crippen LogP contribution in [0.15, 0.2) is 64.0 Å². The zero-order valence-corrected chi connectivity index (χ0v) is 19.7. The fraction of sp³-hybridized carbons (Fsp3) is 0.130. The Hall–Kier alpha value is -3.01. The van der Waals surface area contributed by atoms with E-state index < -0.39 is 0 Å². The van der Waals surface area contributed by atoms with Crippen molar-refractivity contribution in [3.8, 4) is 16.3 Å². The maximum atomic E-state index is 12.7. The molecule has 0 spiro atoms. The maximum absolute atomic E-state index is 12.7. The van der Waals surface area contributed by atoms with E-state index in [-0.39, 0.29) is 11.3 Å². The highest BCUT2D eigenvalue weighted by molar-refractivity contribution is 7.98. The summed E-state index contributed by atoms with van der Waals surface area (Å²) in [6.07, 6.45) is 2.03. The number of hydrogen-bond donors (Lipinski definition) is 1. The van der Waals surface area contributed by atoms with E-state index in [9.17, 15) is 9.59 Å². The number of thioether (sulfide) groups is 1. The van der Waals surface area contributed by atoms with Crippen molar-refractivity contribution in [2.45, 2.75) is 24.8 Å². The first-order chi connectivity index (χ1) is 15.5. The lowest BCUT2D eigenvalue weighted by Gasteiger charge is -2.07. The molecule has 4 aromatic heterocycles. The second-order valence-corrected chi connectivity index (χ2v) is 10.1. The monoisotopic (exact) mass is 478 g/mol. The zero-order valence-electron chi connectivity index (χ0n) is 17.3. The van der Waals surface area contributed by atoms with Gasteiger partial charge in [-0.25, -0.2) is 9.97 Å². The van der Waals surface area contributed by atoms with Gasteiger partial charge in [-0.1, -0.05) is 36.0 Å². The Bertz CT molecular complexity index is 1480. The summed E-state index contributed by atoms with van der Waals surface area (Å²) in [5.74, 6) is 0.960. The van der Waals surface area contributed by atoms with Crippen LogP contribution in [-0.4, -0.2) is 25.3 Å². The topological polar surface area (TPSA) is 80.6 Å². The minimum atomic E-state index is -0.211. The molecule has 1 N–H and O–H groups in total. The lowest BCUT2D eigenvalue weighted by Crippen LogP contribution is -2.11. The molecule has 4 heterocycles. The maximum Gasteiger partial charge on any atom is 0.259 e. The molecule has 6 nitrogen and oxygen atoms in total. The molecule has 0 aliphatic carbocycles. The molecule has 0 atom stereocenters. The van der Waals surface area contributed by atoms with Gasteiger partial charge in [0.25, 0.3) is 5.56 Å². The molecular weight excluding hydrogens is 460 g/mol. The van der Waals surface area contributed by atoms with Crippen LogP contribution in [0.4, 0.5) is 0 Å². The normalized spacial score (nSPS) is 11.3. The van der Waals surface area contributed by atoms with Crippen LogP contribution in [0, 0.1) is 6.92 Å². The molecule has 0 bridgehead atoms. The molecule has 9 heteroatoms. The molecule has 0 saturated carbocycles. The van der Waals surface area contributed by atoms with Crippen molar-refractivity contribution in [2.75, 3.05) is 0 Å². The fourth-order valence-electron chi connectivity index (χ4n) is 3.51. The number of thiophene rings is 2. The zero-order chi connectivity index (χ0) is 22.2. The highest BCUT2D eigenvalue weighted by Gasteiger charge is 2.18. The van der Waals surface area contributed by atoms with Gasteiger partial charge in [0, 0.05) is 11.9 Å². The Balaban J connectivity index is 1.50. The van der Waals surface area contributed by atoms with Crippen LogP contribution >= 0.6 is 34.4 Å². The molecule has 0 aliphatic heterocycles. The minimum absolute atomic E-state index is 0.0492. The van der Waals surface area contributed by atoms with Crippen molar-refractivity contribution < 1.29 is 4.79 Å². The minimum Gasteiger partial charge on any atom is -0.309 e. The summed E-state index contributed by atoms with van der Waals surface area (Å²) in [6.45, 7) is 3.31. The number of para-hydroxylation sites is 1. The molecule has 0 amide bonds. The molecule has 160 valence electrons. The van der Waals surface area contributed by atoms with E-state index in [4.69, 9.17) is 4.98 Å². The molecule has 0 saturated heterocycles. The molecule has 32 heavy (non-hydrogen) atoms. The number of hydrogen-bond acceptors (Lipinski definition) is 7. The number of rotatable bonds is 6. The number of aryl methyl sites for hydroxylation is 1. The predicted molar refractivity (Wildman–Crippen MR) is 131 cm³/mol. The van der Waals surface area contributed by atoms with E-state index in [0.717, 1.165) is 21.4 Å². The SMILES string of the molecule is CC(=O)c1sc2nc(CSc3nc(-c4cccs4)cn3-c3ccccc3)[nH]c(=O)c2c1C. The number of aromatic nitrogens is 4. The first kappa shape index (κ1) is 20.9. The van der Waals surface area contributed by atoms with Gasteiger partial charge in [0.05, 0.1) is 26.6 Å². The van der Waals surface area contributed by atoms with E-state index in [1.54, 1.807) is 18.3 Å². The smallest absolute Gasteiger partial charge is 0.259 e. The average Bonchev–Trinajstić information content (AvgIpc) is 3.51.